The van der Waals surface area contributed by atoms with Crippen molar-refractivity contribution in [2.45, 2.75) is 58.5 Å². The van der Waals surface area contributed by atoms with Gasteiger partial charge in [0.2, 0.25) is 0 Å². The summed E-state index contributed by atoms with van der Waals surface area (Å²) in [4.78, 5) is 4.43. The van der Waals surface area contributed by atoms with E-state index in [4.69, 9.17) is 0 Å². The zero-order valence-electron chi connectivity index (χ0n) is 11.1. The van der Waals surface area contributed by atoms with Gasteiger partial charge >= 0.3 is 0 Å². The topological polar surface area (TPSA) is 24.9 Å². The highest BCUT2D eigenvalue weighted by molar-refractivity contribution is 5.17. The van der Waals surface area contributed by atoms with Gasteiger partial charge in [-0.15, -0.1) is 0 Å². The second-order valence-corrected chi connectivity index (χ2v) is 5.27. The van der Waals surface area contributed by atoms with Crippen molar-refractivity contribution in [3.63, 3.8) is 0 Å². The molecule has 0 bridgehead atoms. The van der Waals surface area contributed by atoms with Crippen molar-refractivity contribution in [1.29, 1.82) is 0 Å². The largest absolute Gasteiger partial charge is 0.308 e. The molecule has 0 aromatic carbocycles. The first-order valence-corrected chi connectivity index (χ1v) is 6.93. The quantitative estimate of drug-likeness (QED) is 0.860. The average molecular weight is 232 g/mol. The van der Waals surface area contributed by atoms with Crippen molar-refractivity contribution >= 4 is 0 Å². The van der Waals surface area contributed by atoms with Gasteiger partial charge in [-0.05, 0) is 50.2 Å². The second kappa shape index (κ2) is 6.15. The van der Waals surface area contributed by atoms with E-state index >= 15 is 0 Å². The normalized spacial score (nSPS) is 24.8. The maximum Gasteiger partial charge on any atom is 0.0570 e. The van der Waals surface area contributed by atoms with Gasteiger partial charge in [0, 0.05) is 18.8 Å². The predicted octanol–water partition coefficient (Wildman–Crippen LogP) is 3.45. The molecule has 0 spiro atoms. The number of rotatable bonds is 4. The Morgan fingerprint density at radius 3 is 2.71 bits per heavy atom. The Balaban J connectivity index is 1.78. The minimum absolute atomic E-state index is 0.708. The lowest BCUT2D eigenvalue weighted by molar-refractivity contribution is 0.284. The van der Waals surface area contributed by atoms with E-state index in [2.05, 4.69) is 30.2 Å². The fourth-order valence-corrected chi connectivity index (χ4v) is 2.72. The van der Waals surface area contributed by atoms with Gasteiger partial charge in [-0.1, -0.05) is 19.4 Å². The van der Waals surface area contributed by atoms with Crippen LogP contribution in [0.4, 0.5) is 0 Å². The van der Waals surface area contributed by atoms with Gasteiger partial charge in [-0.2, -0.15) is 0 Å². The summed E-state index contributed by atoms with van der Waals surface area (Å²) in [6.07, 6.45) is 8.71. The summed E-state index contributed by atoms with van der Waals surface area (Å²) in [5.41, 5.74) is 2.49. The van der Waals surface area contributed by atoms with E-state index in [1.165, 1.54) is 43.4 Å². The highest BCUT2D eigenvalue weighted by atomic mass is 14.9. The van der Waals surface area contributed by atoms with E-state index in [1.807, 2.05) is 12.3 Å². The van der Waals surface area contributed by atoms with Crippen LogP contribution in [0.1, 0.15) is 50.3 Å². The first-order valence-electron chi connectivity index (χ1n) is 6.93. The first-order chi connectivity index (χ1) is 8.29. The third-order valence-electron chi connectivity index (χ3n) is 4.10. The van der Waals surface area contributed by atoms with Gasteiger partial charge in [0.1, 0.15) is 0 Å². The Bertz CT molecular complexity index is 341. The summed E-state index contributed by atoms with van der Waals surface area (Å²) in [5, 5.41) is 3.66. The van der Waals surface area contributed by atoms with Crippen molar-refractivity contribution in [2.75, 3.05) is 0 Å². The van der Waals surface area contributed by atoms with E-state index < -0.39 is 0 Å². The smallest absolute Gasteiger partial charge is 0.0570 e. The monoisotopic (exact) mass is 232 g/mol. The van der Waals surface area contributed by atoms with Crippen LogP contribution in [0, 0.1) is 12.8 Å². The Labute approximate surface area is 105 Å². The SMILES string of the molecule is CCC1CCC(NCc2ncccc2C)CC1. The molecule has 2 rings (SSSR count). The van der Waals surface area contributed by atoms with Gasteiger partial charge in [-0.3, -0.25) is 4.98 Å². The number of aromatic nitrogens is 1. The fourth-order valence-electron chi connectivity index (χ4n) is 2.72. The number of nitrogens with one attached hydrogen (secondary N) is 1. The molecule has 1 aliphatic carbocycles. The van der Waals surface area contributed by atoms with Crippen LogP contribution in [-0.4, -0.2) is 11.0 Å². The summed E-state index contributed by atoms with van der Waals surface area (Å²) in [6.45, 7) is 5.38. The molecule has 0 aliphatic heterocycles. The molecule has 1 aromatic rings. The average Bonchev–Trinajstić information content (AvgIpc) is 2.38. The second-order valence-electron chi connectivity index (χ2n) is 5.27. The Kier molecular flexibility index (Phi) is 4.55. The molecule has 1 aliphatic rings. The minimum atomic E-state index is 0.708. The van der Waals surface area contributed by atoms with Crippen LogP contribution in [0.5, 0.6) is 0 Å². The van der Waals surface area contributed by atoms with Crippen LogP contribution in [0.3, 0.4) is 0 Å². The molecule has 2 nitrogen and oxygen atoms in total. The van der Waals surface area contributed by atoms with E-state index in [1.54, 1.807) is 0 Å². The Hall–Kier alpha value is -0.890. The molecule has 0 amide bonds. The van der Waals surface area contributed by atoms with E-state index in [0.717, 1.165) is 12.5 Å². The van der Waals surface area contributed by atoms with Crippen LogP contribution in [-0.2, 0) is 6.54 Å². The predicted molar refractivity (Wildman–Crippen MR) is 71.9 cm³/mol. The molecule has 1 saturated carbocycles. The molecule has 0 saturated heterocycles. The van der Waals surface area contributed by atoms with E-state index in [0.29, 0.717) is 6.04 Å². The maximum absolute atomic E-state index is 4.43. The molecule has 1 N–H and O–H groups in total. The van der Waals surface area contributed by atoms with Crippen molar-refractivity contribution in [3.8, 4) is 0 Å². The molecule has 17 heavy (non-hydrogen) atoms. The lowest BCUT2D eigenvalue weighted by atomic mass is 9.84. The number of aryl methyl sites for hydroxylation is 1. The fraction of sp³-hybridized carbons (Fsp3) is 0.667. The van der Waals surface area contributed by atoms with E-state index in [9.17, 15) is 0 Å². The Morgan fingerprint density at radius 1 is 1.29 bits per heavy atom. The lowest BCUT2D eigenvalue weighted by Gasteiger charge is -2.28. The van der Waals surface area contributed by atoms with Crippen molar-refractivity contribution < 1.29 is 0 Å². The maximum atomic E-state index is 4.43. The molecule has 1 fully saturated rings. The molecule has 2 heteroatoms. The first kappa shape index (κ1) is 12.6. The van der Waals surface area contributed by atoms with Crippen LogP contribution in [0.25, 0.3) is 0 Å². The third kappa shape index (κ3) is 3.53. The summed E-state index contributed by atoms with van der Waals surface area (Å²) in [7, 11) is 0. The molecule has 0 atom stereocenters. The van der Waals surface area contributed by atoms with Crippen molar-refractivity contribution in [2.24, 2.45) is 5.92 Å². The van der Waals surface area contributed by atoms with Crippen LogP contribution in [0.2, 0.25) is 0 Å². The molecular formula is C15H24N2. The number of hydrogen-bond acceptors (Lipinski definition) is 2. The zero-order chi connectivity index (χ0) is 12.1. The van der Waals surface area contributed by atoms with Crippen molar-refractivity contribution in [3.05, 3.63) is 29.6 Å². The van der Waals surface area contributed by atoms with Crippen LogP contribution < -0.4 is 5.32 Å². The summed E-state index contributed by atoms with van der Waals surface area (Å²) < 4.78 is 0. The molecule has 0 unspecified atom stereocenters. The van der Waals surface area contributed by atoms with Gasteiger partial charge in [0.15, 0.2) is 0 Å². The number of pyridine rings is 1. The number of nitrogens with zero attached hydrogens (tertiary/aromatic N) is 1. The standard InChI is InChI=1S/C15H24N2/c1-3-13-6-8-14(9-7-13)17-11-15-12(2)5-4-10-16-15/h4-5,10,13-14,17H,3,6-9,11H2,1-2H3. The lowest BCUT2D eigenvalue weighted by Crippen LogP contribution is -2.33. The van der Waals surface area contributed by atoms with Crippen molar-refractivity contribution in [1.82, 2.24) is 10.3 Å². The van der Waals surface area contributed by atoms with Gasteiger partial charge in [0.25, 0.3) is 0 Å². The number of hydrogen-bond donors (Lipinski definition) is 1. The van der Waals surface area contributed by atoms with Crippen LogP contribution >= 0.6 is 0 Å². The summed E-state index contributed by atoms with van der Waals surface area (Å²) in [5.74, 6) is 0.977. The molecule has 1 heterocycles. The van der Waals surface area contributed by atoms with Gasteiger partial charge in [-0.25, -0.2) is 0 Å². The molecule has 1 aromatic heterocycles. The molecule has 94 valence electrons. The van der Waals surface area contributed by atoms with Gasteiger partial charge < -0.3 is 5.32 Å². The highest BCUT2D eigenvalue weighted by Crippen LogP contribution is 2.26. The van der Waals surface area contributed by atoms with E-state index in [-0.39, 0.29) is 0 Å². The zero-order valence-corrected chi connectivity index (χ0v) is 11.1. The summed E-state index contributed by atoms with van der Waals surface area (Å²) in [6, 6.07) is 4.85. The summed E-state index contributed by atoms with van der Waals surface area (Å²) >= 11 is 0. The molecule has 0 radical (unpaired) electrons. The Morgan fingerprint density at radius 2 is 2.06 bits per heavy atom. The minimum Gasteiger partial charge on any atom is -0.308 e. The third-order valence-corrected chi connectivity index (χ3v) is 4.10. The van der Waals surface area contributed by atoms with Gasteiger partial charge in [0.05, 0.1) is 5.69 Å². The molecular weight excluding hydrogens is 208 g/mol. The highest BCUT2D eigenvalue weighted by Gasteiger charge is 2.19. The van der Waals surface area contributed by atoms with Crippen LogP contribution in [0.15, 0.2) is 18.3 Å².